The van der Waals surface area contributed by atoms with Crippen molar-refractivity contribution in [3.8, 4) is 0 Å². The number of hydrogen-bond acceptors (Lipinski definition) is 1. The van der Waals surface area contributed by atoms with Crippen LogP contribution in [0.15, 0.2) is 0 Å². The maximum absolute atomic E-state index is 3.59. The first-order valence-corrected chi connectivity index (χ1v) is 8.59. The molecule has 1 N–H and O–H groups in total. The molecule has 1 aliphatic carbocycles. The minimum Gasteiger partial charge on any atom is -0.317 e. The summed E-state index contributed by atoms with van der Waals surface area (Å²) in [5.74, 6) is 3.70. The van der Waals surface area contributed by atoms with Gasteiger partial charge in [-0.1, -0.05) is 48.0 Å². The number of hydrogen-bond donors (Lipinski definition) is 1. The Bertz CT molecular complexity index is 241. The molecule has 0 heterocycles. The van der Waals surface area contributed by atoms with E-state index >= 15 is 0 Å². The highest BCUT2D eigenvalue weighted by atomic mass is 14.8. The van der Waals surface area contributed by atoms with Crippen molar-refractivity contribution in [2.45, 2.75) is 73.6 Å². The summed E-state index contributed by atoms with van der Waals surface area (Å²) >= 11 is 0. The zero-order valence-corrected chi connectivity index (χ0v) is 14.3. The van der Waals surface area contributed by atoms with Crippen molar-refractivity contribution in [1.82, 2.24) is 5.32 Å². The van der Waals surface area contributed by atoms with Crippen LogP contribution in [0.5, 0.6) is 0 Å². The van der Waals surface area contributed by atoms with E-state index in [0.29, 0.717) is 5.41 Å². The van der Waals surface area contributed by atoms with Crippen molar-refractivity contribution in [2.75, 3.05) is 13.1 Å². The molecule has 0 amide bonds. The molecule has 4 unspecified atom stereocenters. The van der Waals surface area contributed by atoms with Crippen LogP contribution >= 0.6 is 0 Å². The molecular formula is C18H37N. The molecule has 4 atom stereocenters. The summed E-state index contributed by atoms with van der Waals surface area (Å²) in [5.41, 5.74) is 0.497. The van der Waals surface area contributed by atoms with Gasteiger partial charge in [-0.15, -0.1) is 0 Å². The summed E-state index contributed by atoms with van der Waals surface area (Å²) in [6.07, 6.45) is 7.13. The molecule has 1 aliphatic rings. The minimum absolute atomic E-state index is 0.497. The largest absolute Gasteiger partial charge is 0.317 e. The highest BCUT2D eigenvalue weighted by molar-refractivity contribution is 4.87. The van der Waals surface area contributed by atoms with Crippen molar-refractivity contribution in [1.29, 1.82) is 0 Å². The smallest absolute Gasteiger partial charge is 0.00180 e. The van der Waals surface area contributed by atoms with Crippen LogP contribution in [-0.4, -0.2) is 13.1 Å². The second kappa shape index (κ2) is 7.67. The molecule has 1 saturated carbocycles. The van der Waals surface area contributed by atoms with E-state index in [2.05, 4.69) is 46.9 Å². The topological polar surface area (TPSA) is 12.0 Å². The van der Waals surface area contributed by atoms with Crippen molar-refractivity contribution in [3.63, 3.8) is 0 Å². The van der Waals surface area contributed by atoms with Gasteiger partial charge in [0.15, 0.2) is 0 Å². The lowest BCUT2D eigenvalue weighted by Crippen LogP contribution is -2.37. The average Bonchev–Trinajstić information content (AvgIpc) is 2.35. The lowest BCUT2D eigenvalue weighted by molar-refractivity contribution is 0.0841. The second-order valence-electron chi connectivity index (χ2n) is 7.95. The van der Waals surface area contributed by atoms with E-state index in [4.69, 9.17) is 0 Å². The second-order valence-corrected chi connectivity index (χ2v) is 7.95. The lowest BCUT2D eigenvalue weighted by Gasteiger charge is -2.43. The average molecular weight is 268 g/mol. The molecule has 0 aromatic carbocycles. The fourth-order valence-electron chi connectivity index (χ4n) is 3.68. The summed E-state index contributed by atoms with van der Waals surface area (Å²) in [4.78, 5) is 0. The maximum atomic E-state index is 3.59. The predicted molar refractivity (Wildman–Crippen MR) is 86.4 cm³/mol. The van der Waals surface area contributed by atoms with E-state index < -0.39 is 0 Å². The van der Waals surface area contributed by atoms with Crippen LogP contribution in [0.3, 0.4) is 0 Å². The Hall–Kier alpha value is -0.0400. The summed E-state index contributed by atoms with van der Waals surface area (Å²) in [5, 5.41) is 3.59. The molecule has 1 nitrogen and oxygen atoms in total. The fourth-order valence-corrected chi connectivity index (χ4v) is 3.68. The molecule has 1 fully saturated rings. The highest BCUT2D eigenvalue weighted by Crippen LogP contribution is 2.44. The zero-order valence-electron chi connectivity index (χ0n) is 14.3. The molecule has 0 aliphatic heterocycles. The van der Waals surface area contributed by atoms with Gasteiger partial charge < -0.3 is 5.32 Å². The Balaban J connectivity index is 2.63. The predicted octanol–water partition coefficient (Wildman–Crippen LogP) is 5.11. The molecule has 0 aromatic rings. The first kappa shape index (κ1) is 17.0. The third kappa shape index (κ3) is 5.45. The summed E-state index contributed by atoms with van der Waals surface area (Å²) in [6, 6.07) is 0. The normalized spacial score (nSPS) is 30.3. The molecule has 0 spiro atoms. The standard InChI is InChI=1S/C18H37N/c1-7-14(3)11-16-12-17(18(4,5)6)10-9-15(16)13-19-8-2/h14-17,19H,7-13H2,1-6H3. The van der Waals surface area contributed by atoms with E-state index in [1.54, 1.807) is 0 Å². The van der Waals surface area contributed by atoms with E-state index in [1.807, 2.05) is 0 Å². The van der Waals surface area contributed by atoms with E-state index in [9.17, 15) is 0 Å². The molecule has 19 heavy (non-hydrogen) atoms. The SMILES string of the molecule is CCNCC1CCC(C(C)(C)C)CC1CC(C)CC. The van der Waals surface area contributed by atoms with Gasteiger partial charge in [0.05, 0.1) is 0 Å². The van der Waals surface area contributed by atoms with Gasteiger partial charge in [0.25, 0.3) is 0 Å². The Labute approximate surface area is 121 Å². The fraction of sp³-hybridized carbons (Fsp3) is 1.00. The first-order valence-electron chi connectivity index (χ1n) is 8.59. The van der Waals surface area contributed by atoms with Gasteiger partial charge in [-0.25, -0.2) is 0 Å². The van der Waals surface area contributed by atoms with Crippen LogP contribution in [0, 0.1) is 29.1 Å². The summed E-state index contributed by atoms with van der Waals surface area (Å²) < 4.78 is 0. The third-order valence-corrected chi connectivity index (χ3v) is 5.42. The number of rotatable bonds is 6. The van der Waals surface area contributed by atoms with Crippen LogP contribution in [0.25, 0.3) is 0 Å². The Morgan fingerprint density at radius 2 is 1.79 bits per heavy atom. The maximum Gasteiger partial charge on any atom is -0.00180 e. The molecule has 114 valence electrons. The Morgan fingerprint density at radius 3 is 2.32 bits per heavy atom. The van der Waals surface area contributed by atoms with Crippen molar-refractivity contribution < 1.29 is 0 Å². The van der Waals surface area contributed by atoms with Crippen LogP contribution in [0.1, 0.15) is 73.6 Å². The highest BCUT2D eigenvalue weighted by Gasteiger charge is 2.35. The van der Waals surface area contributed by atoms with Crippen molar-refractivity contribution >= 4 is 0 Å². The van der Waals surface area contributed by atoms with Crippen LogP contribution in [-0.2, 0) is 0 Å². The van der Waals surface area contributed by atoms with Crippen molar-refractivity contribution in [2.24, 2.45) is 29.1 Å². The summed E-state index contributed by atoms with van der Waals surface area (Å²) in [7, 11) is 0. The number of nitrogens with one attached hydrogen (secondary N) is 1. The van der Waals surface area contributed by atoms with E-state index in [0.717, 1.165) is 30.2 Å². The van der Waals surface area contributed by atoms with E-state index in [-0.39, 0.29) is 0 Å². The van der Waals surface area contributed by atoms with Crippen LogP contribution in [0.2, 0.25) is 0 Å². The molecule has 1 heteroatoms. The van der Waals surface area contributed by atoms with E-state index in [1.165, 1.54) is 38.6 Å². The van der Waals surface area contributed by atoms with Gasteiger partial charge >= 0.3 is 0 Å². The van der Waals surface area contributed by atoms with Gasteiger partial charge in [-0.05, 0) is 67.9 Å². The molecule has 0 aromatic heterocycles. The molecule has 0 saturated heterocycles. The lowest BCUT2D eigenvalue weighted by atomic mass is 9.64. The first-order chi connectivity index (χ1) is 8.88. The summed E-state index contributed by atoms with van der Waals surface area (Å²) in [6.45, 7) is 16.7. The van der Waals surface area contributed by atoms with Crippen LogP contribution in [0.4, 0.5) is 0 Å². The monoisotopic (exact) mass is 267 g/mol. The zero-order chi connectivity index (χ0) is 14.5. The molecule has 0 bridgehead atoms. The Morgan fingerprint density at radius 1 is 1.11 bits per heavy atom. The quantitative estimate of drug-likeness (QED) is 0.705. The third-order valence-electron chi connectivity index (χ3n) is 5.42. The van der Waals surface area contributed by atoms with Gasteiger partial charge in [-0.3, -0.25) is 0 Å². The Kier molecular flexibility index (Phi) is 6.86. The molecular weight excluding hydrogens is 230 g/mol. The van der Waals surface area contributed by atoms with Gasteiger partial charge in [-0.2, -0.15) is 0 Å². The van der Waals surface area contributed by atoms with Crippen LogP contribution < -0.4 is 5.32 Å². The van der Waals surface area contributed by atoms with Gasteiger partial charge in [0.1, 0.15) is 0 Å². The molecule has 0 radical (unpaired) electrons. The van der Waals surface area contributed by atoms with Gasteiger partial charge in [0.2, 0.25) is 0 Å². The van der Waals surface area contributed by atoms with Gasteiger partial charge in [0, 0.05) is 0 Å². The van der Waals surface area contributed by atoms with Crippen molar-refractivity contribution in [3.05, 3.63) is 0 Å². The molecule has 1 rings (SSSR count). The minimum atomic E-state index is 0.497.